The van der Waals surface area contributed by atoms with Crippen LogP contribution in [0.3, 0.4) is 0 Å². The van der Waals surface area contributed by atoms with Crippen LogP contribution in [-0.4, -0.2) is 16.5 Å². The second-order valence-corrected chi connectivity index (χ2v) is 5.32. The highest BCUT2D eigenvalue weighted by Crippen LogP contribution is 2.24. The minimum absolute atomic E-state index is 0. The van der Waals surface area contributed by atoms with E-state index < -0.39 is 0 Å². The molecule has 0 amide bonds. The molecule has 0 saturated carbocycles. The van der Waals surface area contributed by atoms with E-state index in [0.29, 0.717) is 21.4 Å². The van der Waals surface area contributed by atoms with Crippen LogP contribution in [0.25, 0.3) is 0 Å². The van der Waals surface area contributed by atoms with Crippen molar-refractivity contribution in [3.8, 4) is 0 Å². The van der Waals surface area contributed by atoms with E-state index in [0.717, 1.165) is 5.03 Å². The molecule has 2 aromatic rings. The predicted molar refractivity (Wildman–Crippen MR) is 86.1 cm³/mol. The Labute approximate surface area is 136 Å². The van der Waals surface area contributed by atoms with Crippen molar-refractivity contribution in [1.82, 2.24) is 4.98 Å². The molecule has 0 bridgehead atoms. The molecule has 1 aromatic carbocycles. The Hall–Kier alpha value is -0.550. The van der Waals surface area contributed by atoms with Gasteiger partial charge in [-0.1, -0.05) is 41.0 Å². The van der Waals surface area contributed by atoms with E-state index in [9.17, 15) is 4.79 Å². The standard InChI is InChI=1S/C13H9Cl2NOS.BrH/c14-10-5-4-9(7-11(10)15)12(17)8-18-13-3-1-2-6-16-13;/h1-7H,8H2;1H. The third kappa shape index (κ3) is 4.80. The van der Waals surface area contributed by atoms with E-state index in [1.165, 1.54) is 11.8 Å². The van der Waals surface area contributed by atoms with Gasteiger partial charge in [0.15, 0.2) is 5.78 Å². The molecule has 0 aliphatic rings. The highest BCUT2D eigenvalue weighted by Gasteiger charge is 2.09. The summed E-state index contributed by atoms with van der Waals surface area (Å²) >= 11 is 13.1. The minimum Gasteiger partial charge on any atom is -0.293 e. The zero-order valence-electron chi connectivity index (χ0n) is 9.68. The Balaban J connectivity index is 0.00000180. The Bertz CT molecular complexity index is 566. The first-order chi connectivity index (χ1) is 8.66. The summed E-state index contributed by atoms with van der Waals surface area (Å²) < 4.78 is 0. The minimum atomic E-state index is 0. The van der Waals surface area contributed by atoms with Gasteiger partial charge in [-0.25, -0.2) is 4.98 Å². The van der Waals surface area contributed by atoms with E-state index in [1.54, 1.807) is 24.4 Å². The number of halogens is 3. The molecule has 2 nitrogen and oxygen atoms in total. The van der Waals surface area contributed by atoms with Gasteiger partial charge < -0.3 is 0 Å². The lowest BCUT2D eigenvalue weighted by Crippen LogP contribution is -2.02. The fraction of sp³-hybridized carbons (Fsp3) is 0.0769. The van der Waals surface area contributed by atoms with Crippen molar-refractivity contribution in [2.45, 2.75) is 5.03 Å². The molecule has 0 aliphatic carbocycles. The number of aromatic nitrogens is 1. The van der Waals surface area contributed by atoms with Gasteiger partial charge in [-0.15, -0.1) is 17.0 Å². The van der Waals surface area contributed by atoms with Crippen molar-refractivity contribution >= 4 is 57.7 Å². The van der Waals surface area contributed by atoms with E-state index in [1.807, 2.05) is 18.2 Å². The third-order valence-corrected chi connectivity index (χ3v) is 3.91. The van der Waals surface area contributed by atoms with Crippen LogP contribution in [-0.2, 0) is 0 Å². The number of carbonyl (C=O) groups excluding carboxylic acids is 1. The molecular formula is C13H10BrCl2NOS. The maximum absolute atomic E-state index is 11.9. The Morgan fingerprint density at radius 2 is 1.95 bits per heavy atom. The number of hydrogen-bond acceptors (Lipinski definition) is 3. The normalized spacial score (nSPS) is 9.79. The molecule has 1 aromatic heterocycles. The molecule has 0 aliphatic heterocycles. The first-order valence-electron chi connectivity index (χ1n) is 5.19. The molecule has 0 radical (unpaired) electrons. The Kier molecular flexibility index (Phi) is 6.86. The molecule has 0 atom stereocenters. The van der Waals surface area contributed by atoms with Crippen LogP contribution in [0.2, 0.25) is 10.0 Å². The summed E-state index contributed by atoms with van der Waals surface area (Å²) in [4.78, 5) is 16.1. The predicted octanol–water partition coefficient (Wildman–Crippen LogP) is 4.94. The quantitative estimate of drug-likeness (QED) is 0.557. The summed E-state index contributed by atoms with van der Waals surface area (Å²) in [5.74, 6) is 0.332. The first-order valence-corrected chi connectivity index (χ1v) is 6.93. The second kappa shape index (κ2) is 7.90. The molecular weight excluding hydrogens is 369 g/mol. The van der Waals surface area contributed by atoms with Crippen molar-refractivity contribution in [3.05, 3.63) is 58.2 Å². The monoisotopic (exact) mass is 377 g/mol. The number of benzene rings is 1. The van der Waals surface area contributed by atoms with E-state index >= 15 is 0 Å². The SMILES string of the molecule is Br.O=C(CSc1ccccn1)c1ccc(Cl)c(Cl)c1. The van der Waals surface area contributed by atoms with Crippen LogP contribution in [0.15, 0.2) is 47.6 Å². The Morgan fingerprint density at radius 1 is 1.16 bits per heavy atom. The van der Waals surface area contributed by atoms with Crippen LogP contribution in [0.5, 0.6) is 0 Å². The molecule has 6 heteroatoms. The molecule has 0 fully saturated rings. The summed E-state index contributed by atoms with van der Waals surface area (Å²) in [5.41, 5.74) is 0.563. The molecule has 0 saturated heterocycles. The number of rotatable bonds is 4. The van der Waals surface area contributed by atoms with Crippen molar-refractivity contribution in [2.24, 2.45) is 0 Å². The summed E-state index contributed by atoms with van der Waals surface area (Å²) in [6.07, 6.45) is 1.70. The smallest absolute Gasteiger partial charge is 0.173 e. The van der Waals surface area contributed by atoms with Crippen molar-refractivity contribution in [3.63, 3.8) is 0 Å². The second-order valence-electron chi connectivity index (χ2n) is 3.51. The zero-order valence-corrected chi connectivity index (χ0v) is 13.7. The molecule has 19 heavy (non-hydrogen) atoms. The number of hydrogen-bond donors (Lipinski definition) is 0. The van der Waals surface area contributed by atoms with Crippen LogP contribution in [0, 0.1) is 0 Å². The topological polar surface area (TPSA) is 30.0 Å². The lowest BCUT2D eigenvalue weighted by atomic mass is 10.1. The molecule has 0 unspecified atom stereocenters. The maximum Gasteiger partial charge on any atom is 0.173 e. The fourth-order valence-electron chi connectivity index (χ4n) is 1.32. The van der Waals surface area contributed by atoms with Gasteiger partial charge in [0.2, 0.25) is 0 Å². The number of carbonyl (C=O) groups is 1. The van der Waals surface area contributed by atoms with E-state index in [4.69, 9.17) is 23.2 Å². The largest absolute Gasteiger partial charge is 0.293 e. The average Bonchev–Trinajstić information content (AvgIpc) is 2.40. The lowest BCUT2D eigenvalue weighted by molar-refractivity contribution is 0.102. The maximum atomic E-state index is 11.9. The van der Waals surface area contributed by atoms with Gasteiger partial charge in [0.25, 0.3) is 0 Å². The van der Waals surface area contributed by atoms with Crippen LogP contribution in [0.1, 0.15) is 10.4 Å². The lowest BCUT2D eigenvalue weighted by Gasteiger charge is -2.02. The van der Waals surface area contributed by atoms with Crippen LogP contribution in [0.4, 0.5) is 0 Å². The molecule has 1 heterocycles. The number of nitrogens with zero attached hydrogens (tertiary/aromatic N) is 1. The third-order valence-electron chi connectivity index (χ3n) is 2.23. The van der Waals surface area contributed by atoms with E-state index in [2.05, 4.69) is 4.98 Å². The highest BCUT2D eigenvalue weighted by atomic mass is 79.9. The van der Waals surface area contributed by atoms with E-state index in [-0.39, 0.29) is 22.8 Å². The zero-order chi connectivity index (χ0) is 13.0. The average molecular weight is 379 g/mol. The number of thioether (sulfide) groups is 1. The first kappa shape index (κ1) is 16.5. The van der Waals surface area contributed by atoms with Crippen molar-refractivity contribution in [1.29, 1.82) is 0 Å². The van der Waals surface area contributed by atoms with Gasteiger partial charge in [-0.3, -0.25) is 4.79 Å². The molecule has 0 N–H and O–H groups in total. The molecule has 100 valence electrons. The Morgan fingerprint density at radius 3 is 2.58 bits per heavy atom. The van der Waals surface area contributed by atoms with Crippen molar-refractivity contribution in [2.75, 3.05) is 5.75 Å². The van der Waals surface area contributed by atoms with Crippen LogP contribution >= 0.6 is 51.9 Å². The van der Waals surface area contributed by atoms with Gasteiger partial charge in [0, 0.05) is 11.8 Å². The number of pyridine rings is 1. The van der Waals surface area contributed by atoms with Gasteiger partial charge in [-0.05, 0) is 30.3 Å². The van der Waals surface area contributed by atoms with Gasteiger partial charge >= 0.3 is 0 Å². The van der Waals surface area contributed by atoms with Crippen LogP contribution < -0.4 is 0 Å². The summed E-state index contributed by atoms with van der Waals surface area (Å²) in [6.45, 7) is 0. The van der Waals surface area contributed by atoms with Gasteiger partial charge in [0.05, 0.1) is 20.8 Å². The number of ketones is 1. The molecule has 0 spiro atoms. The summed E-state index contributed by atoms with van der Waals surface area (Å²) in [5, 5.41) is 1.67. The molecule has 2 rings (SSSR count). The highest BCUT2D eigenvalue weighted by molar-refractivity contribution is 8.93. The summed E-state index contributed by atoms with van der Waals surface area (Å²) in [6, 6.07) is 10.5. The van der Waals surface area contributed by atoms with Crippen molar-refractivity contribution < 1.29 is 4.79 Å². The summed E-state index contributed by atoms with van der Waals surface area (Å²) in [7, 11) is 0. The van der Waals surface area contributed by atoms with Gasteiger partial charge in [-0.2, -0.15) is 0 Å². The number of Topliss-reactive ketones (excluding diaryl/α,β-unsaturated/α-hetero) is 1. The fourth-order valence-corrected chi connectivity index (χ4v) is 2.38. The van der Waals surface area contributed by atoms with Gasteiger partial charge in [0.1, 0.15) is 0 Å².